The van der Waals surface area contributed by atoms with Crippen LogP contribution in [0.3, 0.4) is 0 Å². The smallest absolute Gasteiger partial charge is 0.249 e. The van der Waals surface area contributed by atoms with Crippen LogP contribution in [0, 0.1) is 11.7 Å². The van der Waals surface area contributed by atoms with Crippen molar-refractivity contribution in [3.63, 3.8) is 0 Å². The zero-order chi connectivity index (χ0) is 16.8. The Labute approximate surface area is 140 Å². The monoisotopic (exact) mass is 337 g/mol. The number of benzene rings is 1. The summed E-state index contributed by atoms with van der Waals surface area (Å²) in [7, 11) is 1.51. The highest BCUT2D eigenvalue weighted by Crippen LogP contribution is 2.34. The van der Waals surface area contributed by atoms with Crippen molar-refractivity contribution >= 4 is 28.7 Å². The first-order chi connectivity index (χ1) is 11.0. The number of methoxy groups -OCH3 is 1. The normalized spacial score (nSPS) is 19.3. The number of amides is 1. The third-order valence-electron chi connectivity index (χ3n) is 3.90. The van der Waals surface area contributed by atoms with Crippen molar-refractivity contribution in [2.75, 3.05) is 13.7 Å². The molecule has 0 radical (unpaired) electrons. The fourth-order valence-electron chi connectivity index (χ4n) is 2.75. The zero-order valence-corrected chi connectivity index (χ0v) is 13.8. The molecule has 0 bridgehead atoms. The Morgan fingerprint density at radius 1 is 1.48 bits per heavy atom. The van der Waals surface area contributed by atoms with Crippen molar-refractivity contribution in [2.45, 2.75) is 25.7 Å². The Hall–Kier alpha value is -1.79. The summed E-state index contributed by atoms with van der Waals surface area (Å²) in [6.45, 7) is 0.0619. The van der Waals surface area contributed by atoms with E-state index in [-0.39, 0.29) is 18.4 Å². The third-order valence-corrected chi connectivity index (χ3v) is 4.21. The summed E-state index contributed by atoms with van der Waals surface area (Å²) in [5, 5.41) is 11.9. The van der Waals surface area contributed by atoms with Crippen LogP contribution in [0.5, 0.6) is 5.75 Å². The van der Waals surface area contributed by atoms with Crippen molar-refractivity contribution in [3.8, 4) is 5.75 Å². The van der Waals surface area contributed by atoms with Crippen LogP contribution in [0.25, 0.3) is 5.57 Å². The molecule has 1 aromatic rings. The van der Waals surface area contributed by atoms with Gasteiger partial charge in [-0.1, -0.05) is 12.2 Å². The largest absolute Gasteiger partial charge is 0.496 e. The molecule has 0 spiro atoms. The maximum atomic E-state index is 13.7. The van der Waals surface area contributed by atoms with E-state index in [9.17, 15) is 14.3 Å². The highest BCUT2D eigenvalue weighted by Gasteiger charge is 2.20. The molecule has 1 amide bonds. The molecule has 0 fully saturated rings. The highest BCUT2D eigenvalue weighted by atomic mass is 32.1. The van der Waals surface area contributed by atoms with Crippen LogP contribution in [0.1, 0.15) is 31.2 Å². The Balaban J connectivity index is 2.43. The predicted molar refractivity (Wildman–Crippen MR) is 90.7 cm³/mol. The number of aliphatic hydroxyl groups is 1. The summed E-state index contributed by atoms with van der Waals surface area (Å²) in [6.07, 6.45) is 3.95. The minimum Gasteiger partial charge on any atom is -0.496 e. The topological polar surface area (TPSA) is 58.6 Å². The van der Waals surface area contributed by atoms with Crippen molar-refractivity contribution < 1.29 is 19.0 Å². The van der Waals surface area contributed by atoms with Gasteiger partial charge in [0.15, 0.2) is 0 Å². The van der Waals surface area contributed by atoms with E-state index in [1.165, 1.54) is 25.3 Å². The van der Waals surface area contributed by atoms with Crippen LogP contribution in [0.2, 0.25) is 0 Å². The molecule has 1 heterocycles. The first-order valence-electron chi connectivity index (χ1n) is 7.52. The summed E-state index contributed by atoms with van der Waals surface area (Å²) in [5.74, 6) is -0.0444. The summed E-state index contributed by atoms with van der Waals surface area (Å²) in [5.41, 5.74) is 1.24. The number of ether oxygens (including phenoxy) is 1. The van der Waals surface area contributed by atoms with Crippen LogP contribution in [0.4, 0.5) is 4.39 Å². The number of rotatable bonds is 4. The molecule has 1 aliphatic rings. The summed E-state index contributed by atoms with van der Waals surface area (Å²) >= 11 is 5.14. The van der Waals surface area contributed by atoms with Crippen molar-refractivity contribution in [3.05, 3.63) is 35.7 Å². The molecule has 0 aromatic heterocycles. The minimum atomic E-state index is -0.392. The SMILES string of the molecule is COc1ccc(F)cc1C1=CC(=O)NC(=S)CCC(CCO)C1. The Bertz CT molecular complexity index is 630. The lowest BCUT2D eigenvalue weighted by molar-refractivity contribution is -0.115. The first kappa shape index (κ1) is 17.6. The second kappa shape index (κ2) is 8.17. The van der Waals surface area contributed by atoms with E-state index in [1.807, 2.05) is 0 Å². The van der Waals surface area contributed by atoms with E-state index in [0.717, 1.165) is 6.42 Å². The fourth-order valence-corrected chi connectivity index (χ4v) is 2.97. The molecule has 0 saturated carbocycles. The van der Waals surface area contributed by atoms with Gasteiger partial charge in [-0.25, -0.2) is 4.39 Å². The molecule has 1 unspecified atom stereocenters. The van der Waals surface area contributed by atoms with E-state index in [0.29, 0.717) is 41.1 Å². The molecular weight excluding hydrogens is 317 g/mol. The Morgan fingerprint density at radius 2 is 2.26 bits per heavy atom. The zero-order valence-electron chi connectivity index (χ0n) is 13.0. The van der Waals surface area contributed by atoms with Gasteiger partial charge in [0, 0.05) is 18.2 Å². The number of allylic oxidation sites excluding steroid dienone is 1. The first-order valence-corrected chi connectivity index (χ1v) is 7.93. The Morgan fingerprint density at radius 3 is 2.96 bits per heavy atom. The molecule has 4 nitrogen and oxygen atoms in total. The van der Waals surface area contributed by atoms with Gasteiger partial charge in [-0.05, 0) is 55.4 Å². The summed E-state index contributed by atoms with van der Waals surface area (Å²) < 4.78 is 19.0. The molecule has 1 aliphatic heterocycles. The highest BCUT2D eigenvalue weighted by molar-refractivity contribution is 7.80. The maximum absolute atomic E-state index is 13.7. The molecule has 2 rings (SSSR count). The molecule has 124 valence electrons. The summed E-state index contributed by atoms with van der Waals surface area (Å²) in [6, 6.07) is 4.23. The van der Waals surface area contributed by atoms with Gasteiger partial charge in [0.1, 0.15) is 11.6 Å². The average Bonchev–Trinajstić information content (AvgIpc) is 2.57. The van der Waals surface area contributed by atoms with Gasteiger partial charge in [-0.15, -0.1) is 0 Å². The maximum Gasteiger partial charge on any atom is 0.249 e. The van der Waals surface area contributed by atoms with Crippen molar-refractivity contribution in [1.82, 2.24) is 5.32 Å². The molecule has 0 saturated heterocycles. The lowest BCUT2D eigenvalue weighted by Crippen LogP contribution is -2.27. The van der Waals surface area contributed by atoms with E-state index in [1.54, 1.807) is 6.07 Å². The number of hydrogen-bond donors (Lipinski definition) is 2. The fraction of sp³-hybridized carbons (Fsp3) is 0.412. The van der Waals surface area contributed by atoms with Gasteiger partial charge in [-0.2, -0.15) is 0 Å². The number of hydrogen-bond acceptors (Lipinski definition) is 4. The van der Waals surface area contributed by atoms with Gasteiger partial charge in [0.25, 0.3) is 0 Å². The quantitative estimate of drug-likeness (QED) is 0.830. The predicted octanol–water partition coefficient (Wildman–Crippen LogP) is 2.84. The van der Waals surface area contributed by atoms with E-state index >= 15 is 0 Å². The van der Waals surface area contributed by atoms with Crippen LogP contribution in [0.15, 0.2) is 24.3 Å². The van der Waals surface area contributed by atoms with Crippen LogP contribution < -0.4 is 10.1 Å². The van der Waals surface area contributed by atoms with E-state index < -0.39 is 5.82 Å². The third kappa shape index (κ3) is 4.84. The number of carbonyl (C=O) groups excluding carboxylic acids is 1. The number of thiocarbonyl (C=S) groups is 1. The van der Waals surface area contributed by atoms with Gasteiger partial charge in [0.05, 0.1) is 12.1 Å². The molecule has 1 atom stereocenters. The number of halogens is 1. The van der Waals surface area contributed by atoms with Crippen molar-refractivity contribution in [1.29, 1.82) is 0 Å². The lowest BCUT2D eigenvalue weighted by Gasteiger charge is -2.18. The Kier molecular flexibility index (Phi) is 6.24. The number of carbonyl (C=O) groups is 1. The van der Waals surface area contributed by atoms with Gasteiger partial charge in [-0.3, -0.25) is 4.79 Å². The van der Waals surface area contributed by atoms with Gasteiger partial charge in [0.2, 0.25) is 5.91 Å². The van der Waals surface area contributed by atoms with Crippen LogP contribution >= 0.6 is 12.2 Å². The molecular formula is C17H20FNO3S. The molecule has 6 heteroatoms. The molecule has 23 heavy (non-hydrogen) atoms. The molecule has 0 aliphatic carbocycles. The van der Waals surface area contributed by atoms with E-state index in [2.05, 4.69) is 5.32 Å². The van der Waals surface area contributed by atoms with E-state index in [4.69, 9.17) is 17.0 Å². The van der Waals surface area contributed by atoms with Crippen molar-refractivity contribution in [2.24, 2.45) is 5.92 Å². The second-order valence-corrected chi connectivity index (χ2v) is 6.04. The summed E-state index contributed by atoms with van der Waals surface area (Å²) in [4.78, 5) is 12.6. The van der Waals surface area contributed by atoms with Crippen LogP contribution in [-0.4, -0.2) is 29.7 Å². The van der Waals surface area contributed by atoms with Gasteiger partial charge < -0.3 is 15.2 Å². The lowest BCUT2D eigenvalue weighted by atomic mass is 9.88. The van der Waals surface area contributed by atoms with Gasteiger partial charge >= 0.3 is 0 Å². The number of nitrogens with one attached hydrogen (secondary N) is 1. The molecule has 2 N–H and O–H groups in total. The number of aliphatic hydroxyl groups excluding tert-OH is 1. The minimum absolute atomic E-state index is 0.0619. The second-order valence-electron chi connectivity index (χ2n) is 5.55. The van der Waals surface area contributed by atoms with Crippen LogP contribution in [-0.2, 0) is 4.79 Å². The standard InChI is InChI=1S/C17H20FNO3S/c1-22-15-4-3-13(18)10-14(15)12-8-11(6-7-20)2-5-17(23)19-16(21)9-12/h3-4,9-11,20H,2,5-8H2,1H3,(H,19,21,23). The average molecular weight is 337 g/mol. The molecule has 1 aromatic carbocycles.